The maximum absolute atomic E-state index is 13.4. The van der Waals surface area contributed by atoms with E-state index in [0.29, 0.717) is 12.8 Å². The van der Waals surface area contributed by atoms with Crippen LogP contribution in [0.1, 0.15) is 38.8 Å². The maximum atomic E-state index is 13.4. The molecule has 0 aromatic carbocycles. The first-order chi connectivity index (χ1) is 11.8. The summed E-state index contributed by atoms with van der Waals surface area (Å²) >= 11 is 0. The topological polar surface area (TPSA) is 114 Å². The lowest BCUT2D eigenvalue weighted by molar-refractivity contribution is -0.208. The average molecular weight is 358 g/mol. The first-order valence-corrected chi connectivity index (χ1v) is 8.39. The lowest BCUT2D eigenvalue weighted by atomic mass is 9.87. The van der Waals surface area contributed by atoms with Gasteiger partial charge in [0.05, 0.1) is 13.3 Å². The number of aromatic amines is 1. The number of halogens is 1. The summed E-state index contributed by atoms with van der Waals surface area (Å²) in [4.78, 5) is 25.3. The van der Waals surface area contributed by atoms with Crippen LogP contribution in [0.3, 0.4) is 0 Å². The van der Waals surface area contributed by atoms with Gasteiger partial charge in [-0.3, -0.25) is 18.7 Å². The molecule has 0 unspecified atom stereocenters. The number of nitrogens with zero attached hydrogens (tertiary/aromatic N) is 1. The van der Waals surface area contributed by atoms with Crippen molar-refractivity contribution < 1.29 is 24.1 Å². The molecule has 1 aromatic rings. The molecule has 1 spiro atoms. The zero-order chi connectivity index (χ0) is 18.2. The van der Waals surface area contributed by atoms with Crippen molar-refractivity contribution in [1.82, 2.24) is 9.55 Å². The summed E-state index contributed by atoms with van der Waals surface area (Å²) in [5, 5.41) is 20.4. The lowest BCUT2D eigenvalue weighted by Crippen LogP contribution is -2.52. The molecule has 0 radical (unpaired) electrons. The minimum atomic E-state index is -1.53. The molecule has 9 heteroatoms. The van der Waals surface area contributed by atoms with E-state index < -0.39 is 54.2 Å². The highest BCUT2D eigenvalue weighted by Gasteiger charge is 2.61. The molecule has 2 fully saturated rings. The van der Waals surface area contributed by atoms with Crippen LogP contribution in [0.5, 0.6) is 0 Å². The highest BCUT2D eigenvalue weighted by Crippen LogP contribution is 2.51. The van der Waals surface area contributed by atoms with Gasteiger partial charge >= 0.3 is 5.69 Å². The minimum absolute atomic E-state index is 0.483. The van der Waals surface area contributed by atoms with E-state index in [4.69, 9.17) is 9.47 Å². The van der Waals surface area contributed by atoms with Crippen LogP contribution < -0.4 is 11.2 Å². The van der Waals surface area contributed by atoms with Gasteiger partial charge in [0.15, 0.2) is 12.0 Å². The second kappa shape index (κ2) is 6.64. The second-order valence-corrected chi connectivity index (χ2v) is 6.93. The molecule has 1 saturated carbocycles. The third-order valence-electron chi connectivity index (χ3n) is 5.17. The maximum Gasteiger partial charge on any atom is 0.330 e. The number of nitrogens with one attached hydrogen (secondary N) is 1. The standard InChI is InChI=1S/C16H23FN2O6/c1-15(13(22)19-7-4-11(21)18-14(19)23)12(10(8-17)9-20)24-16(25-15)5-2-3-6-16/h4,7,10,12-13,20,22H,2-3,5-6,8-9H2,1H3,(H,18,21,23)/t10-,12+,13+,15+/m0/s1. The largest absolute Gasteiger partial charge is 0.396 e. The first kappa shape index (κ1) is 18.2. The van der Waals surface area contributed by atoms with Crippen LogP contribution in [0.15, 0.2) is 21.9 Å². The third-order valence-corrected chi connectivity index (χ3v) is 5.17. The van der Waals surface area contributed by atoms with Gasteiger partial charge in [-0.2, -0.15) is 0 Å². The second-order valence-electron chi connectivity index (χ2n) is 6.93. The Hall–Kier alpha value is -1.55. The summed E-state index contributed by atoms with van der Waals surface area (Å²) < 4.78 is 26.4. The molecule has 3 N–H and O–H groups in total. The molecule has 1 saturated heterocycles. The fourth-order valence-electron chi connectivity index (χ4n) is 3.85. The Balaban J connectivity index is 2.01. The third kappa shape index (κ3) is 3.05. The predicted molar refractivity (Wildman–Crippen MR) is 84.7 cm³/mol. The monoisotopic (exact) mass is 358 g/mol. The molecule has 1 aliphatic heterocycles. The Bertz CT molecular complexity index is 724. The molecule has 8 nitrogen and oxygen atoms in total. The molecule has 0 bridgehead atoms. The number of ether oxygens (including phenoxy) is 2. The Morgan fingerprint density at radius 2 is 2.12 bits per heavy atom. The highest BCUT2D eigenvalue weighted by molar-refractivity contribution is 5.03. The molecular weight excluding hydrogens is 335 g/mol. The first-order valence-electron chi connectivity index (χ1n) is 8.39. The van der Waals surface area contributed by atoms with Crippen molar-refractivity contribution in [3.63, 3.8) is 0 Å². The van der Waals surface area contributed by atoms with Crippen molar-refractivity contribution in [2.75, 3.05) is 13.3 Å². The van der Waals surface area contributed by atoms with Gasteiger partial charge < -0.3 is 19.7 Å². The number of aromatic nitrogens is 2. The van der Waals surface area contributed by atoms with E-state index in [-0.39, 0.29) is 0 Å². The molecule has 0 amide bonds. The Morgan fingerprint density at radius 1 is 1.44 bits per heavy atom. The minimum Gasteiger partial charge on any atom is -0.396 e. The van der Waals surface area contributed by atoms with E-state index in [9.17, 15) is 24.2 Å². The Kier molecular flexibility index (Phi) is 4.84. The molecule has 25 heavy (non-hydrogen) atoms. The highest BCUT2D eigenvalue weighted by atomic mass is 19.1. The molecule has 2 heterocycles. The van der Waals surface area contributed by atoms with Gasteiger partial charge in [-0.25, -0.2) is 4.79 Å². The number of alkyl halides is 1. The van der Waals surface area contributed by atoms with Crippen LogP contribution in [0.4, 0.5) is 4.39 Å². The quantitative estimate of drug-likeness (QED) is 0.685. The molecule has 3 rings (SSSR count). The molecule has 4 atom stereocenters. The van der Waals surface area contributed by atoms with Crippen molar-refractivity contribution in [3.05, 3.63) is 33.1 Å². The lowest BCUT2D eigenvalue weighted by Gasteiger charge is -2.36. The average Bonchev–Trinajstić information content (AvgIpc) is 3.14. The Labute approximate surface area is 143 Å². The van der Waals surface area contributed by atoms with Crippen LogP contribution in [0, 0.1) is 5.92 Å². The van der Waals surface area contributed by atoms with Crippen molar-refractivity contribution >= 4 is 0 Å². The summed E-state index contributed by atoms with van der Waals surface area (Å²) in [6.07, 6.45) is 1.61. The van der Waals surface area contributed by atoms with Gasteiger partial charge in [-0.05, 0) is 19.8 Å². The van der Waals surface area contributed by atoms with Gasteiger partial charge in [0.2, 0.25) is 0 Å². The van der Waals surface area contributed by atoms with E-state index in [0.717, 1.165) is 29.7 Å². The summed E-state index contributed by atoms with van der Waals surface area (Å²) in [6.45, 7) is 0.193. The Morgan fingerprint density at radius 3 is 2.68 bits per heavy atom. The zero-order valence-corrected chi connectivity index (χ0v) is 14.0. The number of hydrogen-bond donors (Lipinski definition) is 3. The van der Waals surface area contributed by atoms with Crippen molar-refractivity contribution in [2.45, 2.75) is 56.3 Å². The van der Waals surface area contributed by atoms with E-state index in [1.54, 1.807) is 0 Å². The van der Waals surface area contributed by atoms with Gasteiger partial charge in [-0.15, -0.1) is 0 Å². The zero-order valence-electron chi connectivity index (χ0n) is 14.0. The molecular formula is C16H23FN2O6. The predicted octanol–water partition coefficient (Wildman–Crippen LogP) is 0.0499. The van der Waals surface area contributed by atoms with Gasteiger partial charge in [0, 0.05) is 31.0 Å². The van der Waals surface area contributed by atoms with Crippen LogP contribution in [-0.4, -0.2) is 50.5 Å². The van der Waals surface area contributed by atoms with Crippen molar-refractivity contribution in [3.8, 4) is 0 Å². The number of aliphatic hydroxyl groups excluding tert-OH is 2. The number of rotatable bonds is 5. The SMILES string of the molecule is C[C@@]1([C@@H](O)n2ccc(=O)[nH]c2=O)OC2(CCCC2)O[C@@H]1[C@H](CO)CF. The van der Waals surface area contributed by atoms with Gasteiger partial charge in [-0.1, -0.05) is 0 Å². The summed E-state index contributed by atoms with van der Waals surface area (Å²) in [6, 6.07) is 1.10. The van der Waals surface area contributed by atoms with E-state index >= 15 is 0 Å². The van der Waals surface area contributed by atoms with E-state index in [1.807, 2.05) is 0 Å². The molecule has 1 aromatic heterocycles. The summed E-state index contributed by atoms with van der Waals surface area (Å²) in [5.41, 5.74) is -2.87. The molecule has 140 valence electrons. The smallest absolute Gasteiger partial charge is 0.330 e. The number of aliphatic hydroxyl groups is 2. The normalized spacial score (nSPS) is 30.6. The van der Waals surface area contributed by atoms with E-state index in [2.05, 4.69) is 4.98 Å². The van der Waals surface area contributed by atoms with Crippen LogP contribution in [-0.2, 0) is 9.47 Å². The number of hydrogen-bond acceptors (Lipinski definition) is 6. The fourth-order valence-corrected chi connectivity index (χ4v) is 3.85. The van der Waals surface area contributed by atoms with Crippen molar-refractivity contribution in [2.24, 2.45) is 5.92 Å². The van der Waals surface area contributed by atoms with Crippen molar-refractivity contribution in [1.29, 1.82) is 0 Å². The van der Waals surface area contributed by atoms with Crippen LogP contribution in [0.2, 0.25) is 0 Å². The number of H-pyrrole nitrogens is 1. The molecule has 2 aliphatic rings. The van der Waals surface area contributed by atoms with Gasteiger partial charge in [0.1, 0.15) is 11.7 Å². The van der Waals surface area contributed by atoms with Crippen LogP contribution in [0.25, 0.3) is 0 Å². The summed E-state index contributed by atoms with van der Waals surface area (Å²) in [5.74, 6) is -1.85. The van der Waals surface area contributed by atoms with E-state index in [1.165, 1.54) is 6.92 Å². The van der Waals surface area contributed by atoms with Crippen LogP contribution >= 0.6 is 0 Å². The fraction of sp³-hybridized carbons (Fsp3) is 0.750. The van der Waals surface area contributed by atoms with Gasteiger partial charge in [0.25, 0.3) is 5.56 Å². The summed E-state index contributed by atoms with van der Waals surface area (Å²) in [7, 11) is 0. The molecule has 1 aliphatic carbocycles.